The van der Waals surface area contributed by atoms with Crippen molar-refractivity contribution in [2.75, 3.05) is 6.54 Å². The molecule has 0 spiro atoms. The molecule has 94 valence electrons. The molecule has 0 aliphatic carbocycles. The summed E-state index contributed by atoms with van der Waals surface area (Å²) >= 11 is 0. The molecule has 0 radical (unpaired) electrons. The number of carbonyl (C=O) groups excluding carboxylic acids is 1. The lowest BCUT2D eigenvalue weighted by Gasteiger charge is -2.30. The van der Waals surface area contributed by atoms with E-state index in [0.29, 0.717) is 11.8 Å². The molecule has 1 saturated heterocycles. The molecule has 0 aromatic heterocycles. The zero-order valence-corrected chi connectivity index (χ0v) is 11.3. The predicted molar refractivity (Wildman–Crippen MR) is 67.0 cm³/mol. The maximum atomic E-state index is 12.1. The van der Waals surface area contributed by atoms with Crippen molar-refractivity contribution in [2.24, 2.45) is 11.8 Å². The van der Waals surface area contributed by atoms with E-state index in [2.05, 4.69) is 33.0 Å². The van der Waals surface area contributed by atoms with Crippen LogP contribution in [0.15, 0.2) is 0 Å². The summed E-state index contributed by atoms with van der Waals surface area (Å²) in [5.74, 6) is 1.38. The summed E-state index contributed by atoms with van der Waals surface area (Å²) in [6.07, 6.45) is 2.53. The van der Waals surface area contributed by atoms with Crippen molar-refractivity contribution in [1.29, 1.82) is 0 Å². The van der Waals surface area contributed by atoms with E-state index in [1.807, 2.05) is 11.8 Å². The Hall–Kier alpha value is -0.570. The van der Waals surface area contributed by atoms with Gasteiger partial charge in [0.2, 0.25) is 5.91 Å². The second-order valence-corrected chi connectivity index (χ2v) is 5.25. The fourth-order valence-electron chi connectivity index (χ4n) is 2.38. The number of hydrogen-bond acceptors (Lipinski definition) is 2. The van der Waals surface area contributed by atoms with E-state index in [-0.39, 0.29) is 18.1 Å². The first-order valence-corrected chi connectivity index (χ1v) is 6.57. The van der Waals surface area contributed by atoms with Gasteiger partial charge in [0.25, 0.3) is 0 Å². The first-order valence-electron chi connectivity index (χ1n) is 6.57. The Morgan fingerprint density at radius 1 is 1.31 bits per heavy atom. The molecule has 1 rings (SSSR count). The minimum absolute atomic E-state index is 0.0123. The molecule has 0 saturated carbocycles. The summed E-state index contributed by atoms with van der Waals surface area (Å²) in [5, 5.41) is 3.38. The maximum Gasteiger partial charge on any atom is 0.240 e. The summed E-state index contributed by atoms with van der Waals surface area (Å²) in [4.78, 5) is 14.1. The van der Waals surface area contributed by atoms with Crippen LogP contribution in [0.3, 0.4) is 0 Å². The average molecular weight is 226 g/mol. The van der Waals surface area contributed by atoms with Gasteiger partial charge in [0.1, 0.15) is 0 Å². The van der Waals surface area contributed by atoms with E-state index in [4.69, 9.17) is 0 Å². The molecule has 1 N–H and O–H groups in total. The van der Waals surface area contributed by atoms with Crippen LogP contribution in [0.1, 0.15) is 47.5 Å². The van der Waals surface area contributed by atoms with E-state index in [1.54, 1.807) is 0 Å². The first kappa shape index (κ1) is 13.5. The Morgan fingerprint density at radius 3 is 2.31 bits per heavy atom. The smallest absolute Gasteiger partial charge is 0.240 e. The van der Waals surface area contributed by atoms with E-state index >= 15 is 0 Å². The van der Waals surface area contributed by atoms with Crippen LogP contribution >= 0.6 is 0 Å². The highest BCUT2D eigenvalue weighted by molar-refractivity contribution is 5.83. The summed E-state index contributed by atoms with van der Waals surface area (Å²) < 4.78 is 0. The van der Waals surface area contributed by atoms with Gasteiger partial charge in [-0.15, -0.1) is 0 Å². The molecule has 1 aliphatic rings. The van der Waals surface area contributed by atoms with Gasteiger partial charge in [0.15, 0.2) is 0 Å². The fourth-order valence-corrected chi connectivity index (χ4v) is 2.38. The lowest BCUT2D eigenvalue weighted by molar-refractivity contribution is -0.130. The van der Waals surface area contributed by atoms with Crippen molar-refractivity contribution >= 4 is 5.91 Å². The monoisotopic (exact) mass is 226 g/mol. The lowest BCUT2D eigenvalue weighted by atomic mass is 10.0. The topological polar surface area (TPSA) is 32.3 Å². The van der Waals surface area contributed by atoms with Gasteiger partial charge in [-0.3, -0.25) is 10.1 Å². The molecule has 1 heterocycles. The highest BCUT2D eigenvalue weighted by atomic mass is 16.2. The third-order valence-electron chi connectivity index (χ3n) is 3.65. The molecule has 2 unspecified atom stereocenters. The normalized spacial score (nSPS) is 26.2. The van der Waals surface area contributed by atoms with Gasteiger partial charge in [0.05, 0.1) is 12.2 Å². The van der Waals surface area contributed by atoms with Crippen LogP contribution in [0.25, 0.3) is 0 Å². The average Bonchev–Trinajstić information content (AvgIpc) is 2.53. The minimum Gasteiger partial charge on any atom is -0.325 e. The molecule has 1 amide bonds. The maximum absolute atomic E-state index is 12.1. The Balaban J connectivity index is 2.70. The molecule has 0 aromatic carbocycles. The molecular formula is C13H26N2O. The van der Waals surface area contributed by atoms with Gasteiger partial charge >= 0.3 is 0 Å². The number of nitrogens with one attached hydrogen (secondary N) is 1. The van der Waals surface area contributed by atoms with Crippen molar-refractivity contribution in [2.45, 2.75) is 59.7 Å². The van der Waals surface area contributed by atoms with Crippen LogP contribution in [0.5, 0.6) is 0 Å². The molecule has 0 aromatic rings. The molecular weight excluding hydrogens is 200 g/mol. The third-order valence-corrected chi connectivity index (χ3v) is 3.65. The van der Waals surface area contributed by atoms with Gasteiger partial charge in [-0.05, 0) is 18.8 Å². The van der Waals surface area contributed by atoms with Crippen molar-refractivity contribution in [3.63, 3.8) is 0 Å². The SMILES string of the molecule is CCC(CC)CN1C(=O)C(C)NC1C(C)C. The number of amides is 1. The van der Waals surface area contributed by atoms with Crippen LogP contribution in [-0.2, 0) is 4.79 Å². The molecule has 1 aliphatic heterocycles. The number of hydrogen-bond donors (Lipinski definition) is 1. The van der Waals surface area contributed by atoms with Gasteiger partial charge < -0.3 is 4.90 Å². The van der Waals surface area contributed by atoms with Crippen LogP contribution in [0, 0.1) is 11.8 Å². The van der Waals surface area contributed by atoms with E-state index in [9.17, 15) is 4.79 Å². The highest BCUT2D eigenvalue weighted by Gasteiger charge is 2.38. The van der Waals surface area contributed by atoms with E-state index in [0.717, 1.165) is 19.4 Å². The van der Waals surface area contributed by atoms with Crippen molar-refractivity contribution < 1.29 is 4.79 Å². The molecule has 16 heavy (non-hydrogen) atoms. The minimum atomic E-state index is -0.0123. The lowest BCUT2D eigenvalue weighted by Crippen LogP contribution is -2.43. The van der Waals surface area contributed by atoms with E-state index < -0.39 is 0 Å². The molecule has 2 atom stereocenters. The molecule has 3 heteroatoms. The van der Waals surface area contributed by atoms with Crippen molar-refractivity contribution in [1.82, 2.24) is 10.2 Å². The fraction of sp³-hybridized carbons (Fsp3) is 0.923. The summed E-state index contributed by atoms with van der Waals surface area (Å²) in [6.45, 7) is 11.6. The third kappa shape index (κ3) is 2.76. The summed E-state index contributed by atoms with van der Waals surface area (Å²) in [7, 11) is 0. The number of rotatable bonds is 5. The number of carbonyl (C=O) groups is 1. The van der Waals surface area contributed by atoms with E-state index in [1.165, 1.54) is 0 Å². The van der Waals surface area contributed by atoms with Gasteiger partial charge in [-0.25, -0.2) is 0 Å². The highest BCUT2D eigenvalue weighted by Crippen LogP contribution is 2.21. The zero-order valence-electron chi connectivity index (χ0n) is 11.3. The Kier molecular flexibility index (Phi) is 4.78. The summed E-state index contributed by atoms with van der Waals surface area (Å²) in [5.41, 5.74) is 0. The Morgan fingerprint density at radius 2 is 1.88 bits per heavy atom. The first-order chi connectivity index (χ1) is 7.51. The van der Waals surface area contributed by atoms with Crippen molar-refractivity contribution in [3.8, 4) is 0 Å². The van der Waals surface area contributed by atoms with Gasteiger partial charge in [-0.1, -0.05) is 40.5 Å². The Labute approximate surface area is 99.6 Å². The van der Waals surface area contributed by atoms with Crippen LogP contribution in [0.4, 0.5) is 0 Å². The molecule has 3 nitrogen and oxygen atoms in total. The second kappa shape index (κ2) is 5.67. The van der Waals surface area contributed by atoms with Crippen molar-refractivity contribution in [3.05, 3.63) is 0 Å². The molecule has 0 bridgehead atoms. The Bertz CT molecular complexity index is 236. The van der Waals surface area contributed by atoms with Crippen LogP contribution < -0.4 is 5.32 Å². The molecule has 1 fully saturated rings. The zero-order chi connectivity index (χ0) is 12.3. The standard InChI is InChI=1S/C13H26N2O/c1-6-11(7-2)8-15-12(9(3)4)14-10(5)13(15)16/h9-12,14H,6-8H2,1-5H3. The predicted octanol–water partition coefficient (Wildman–Crippen LogP) is 2.22. The van der Waals surface area contributed by atoms with Gasteiger partial charge in [-0.2, -0.15) is 0 Å². The summed E-state index contributed by atoms with van der Waals surface area (Å²) in [6, 6.07) is -0.0123. The quantitative estimate of drug-likeness (QED) is 0.779. The van der Waals surface area contributed by atoms with Crippen LogP contribution in [0.2, 0.25) is 0 Å². The number of nitrogens with zero attached hydrogens (tertiary/aromatic N) is 1. The largest absolute Gasteiger partial charge is 0.325 e. The second-order valence-electron chi connectivity index (χ2n) is 5.25. The van der Waals surface area contributed by atoms with Gasteiger partial charge in [0, 0.05) is 6.54 Å². The van der Waals surface area contributed by atoms with Crippen LogP contribution in [-0.4, -0.2) is 29.6 Å².